The smallest absolute Gasteiger partial charge is 0.338 e. The Labute approximate surface area is 247 Å². The summed E-state index contributed by atoms with van der Waals surface area (Å²) < 4.78 is 12.5. The molecule has 2 aromatic rings. The number of nitrogens with one attached hydrogen (secondary N) is 1. The lowest BCUT2D eigenvalue weighted by molar-refractivity contribution is -0.600. The number of nitrogens with two attached hydrogens (primary N) is 1. The van der Waals surface area contributed by atoms with Gasteiger partial charge in [-0.05, 0) is 63.5 Å². The zero-order valence-electron chi connectivity index (χ0n) is 25.8. The van der Waals surface area contributed by atoms with Crippen molar-refractivity contribution >= 4 is 17.2 Å². The summed E-state index contributed by atoms with van der Waals surface area (Å²) in [5.74, 6) is 0.576. The Morgan fingerprint density at radius 1 is 0.951 bits per heavy atom. The van der Waals surface area contributed by atoms with E-state index in [1.54, 1.807) is 0 Å². The molecule has 5 nitrogen and oxygen atoms in total. The predicted molar refractivity (Wildman–Crippen MR) is 169 cm³/mol. The topological polar surface area (TPSA) is 64.2 Å². The molecule has 5 heteroatoms. The molecule has 0 aromatic heterocycles. The van der Waals surface area contributed by atoms with Gasteiger partial charge in [0.15, 0.2) is 0 Å². The highest BCUT2D eigenvalue weighted by atomic mass is 16.5. The number of anilines is 1. The number of esters is 1. The number of fused-ring (bicyclic) bond motifs is 2. The predicted octanol–water partition coefficient (Wildman–Crippen LogP) is 7.71. The van der Waals surface area contributed by atoms with Crippen molar-refractivity contribution in [2.75, 3.05) is 25.0 Å². The third kappa shape index (κ3) is 7.51. The molecule has 0 fully saturated rings. The zero-order chi connectivity index (χ0) is 29.2. The zero-order valence-corrected chi connectivity index (χ0v) is 25.8. The van der Waals surface area contributed by atoms with Gasteiger partial charge in [0.2, 0.25) is 0 Å². The van der Waals surface area contributed by atoms with E-state index in [1.807, 2.05) is 18.2 Å². The lowest BCUT2D eigenvalue weighted by atomic mass is 9.82. The van der Waals surface area contributed by atoms with Gasteiger partial charge in [-0.3, -0.25) is 0 Å². The molecule has 0 radical (unpaired) electrons. The van der Waals surface area contributed by atoms with Crippen LogP contribution in [0.4, 0.5) is 5.69 Å². The van der Waals surface area contributed by atoms with Crippen molar-refractivity contribution in [3.63, 3.8) is 0 Å². The number of aryl methyl sites for hydroxylation is 1. The van der Waals surface area contributed by atoms with Crippen molar-refractivity contribution < 1.29 is 19.6 Å². The minimum atomic E-state index is -0.255. The van der Waals surface area contributed by atoms with E-state index < -0.39 is 0 Å². The van der Waals surface area contributed by atoms with Gasteiger partial charge in [0.1, 0.15) is 17.6 Å². The fourth-order valence-corrected chi connectivity index (χ4v) is 5.86. The Kier molecular flexibility index (Phi) is 11.3. The number of rotatable bonds is 15. The van der Waals surface area contributed by atoms with Gasteiger partial charge in [-0.15, -0.1) is 0 Å². The van der Waals surface area contributed by atoms with Crippen LogP contribution in [0.2, 0.25) is 0 Å². The summed E-state index contributed by atoms with van der Waals surface area (Å²) in [6.45, 7) is 13.0. The van der Waals surface area contributed by atoms with E-state index in [2.05, 4.69) is 75.6 Å². The van der Waals surface area contributed by atoms with Crippen LogP contribution in [-0.2, 0) is 4.74 Å². The molecule has 0 amide bonds. The normalized spacial score (nSPS) is 15.9. The third-order valence-corrected chi connectivity index (χ3v) is 8.04. The first kappa shape index (κ1) is 30.6. The maximum absolute atomic E-state index is 13.5. The molecular weight excluding hydrogens is 508 g/mol. The van der Waals surface area contributed by atoms with Crippen molar-refractivity contribution in [3.8, 4) is 5.75 Å². The van der Waals surface area contributed by atoms with Gasteiger partial charge in [-0.2, -0.15) is 0 Å². The minimum Gasteiger partial charge on any atom is -0.481 e. The van der Waals surface area contributed by atoms with Crippen LogP contribution >= 0.6 is 0 Å². The SMILES string of the molecule is CCCCCCCCCCOC(=O)c1ccccc1C1=C2C=C(C)C([NH2+]CC)=CC2Oc2cc(NCC)c(C)cc21. The average Bonchev–Trinajstić information content (AvgIpc) is 2.96. The van der Waals surface area contributed by atoms with Gasteiger partial charge in [-0.1, -0.05) is 70.1 Å². The van der Waals surface area contributed by atoms with Crippen LogP contribution in [0.1, 0.15) is 106 Å². The fourth-order valence-electron chi connectivity index (χ4n) is 5.86. The maximum atomic E-state index is 13.5. The van der Waals surface area contributed by atoms with Crippen LogP contribution in [0.5, 0.6) is 5.75 Å². The van der Waals surface area contributed by atoms with Crippen LogP contribution in [-0.4, -0.2) is 31.8 Å². The number of allylic oxidation sites excluding steroid dienone is 1. The number of hydrogen-bond donors (Lipinski definition) is 2. The number of unbranched alkanes of at least 4 members (excludes halogenated alkanes) is 7. The molecular formula is C36H49N2O3+. The van der Waals surface area contributed by atoms with E-state index in [0.717, 1.165) is 65.2 Å². The van der Waals surface area contributed by atoms with E-state index in [1.165, 1.54) is 49.8 Å². The monoisotopic (exact) mass is 557 g/mol. The summed E-state index contributed by atoms with van der Waals surface area (Å²) in [6.07, 6.45) is 13.9. The molecule has 0 bridgehead atoms. The molecule has 0 saturated heterocycles. The molecule has 2 aliphatic rings. The first-order chi connectivity index (χ1) is 20.0. The second-order valence-electron chi connectivity index (χ2n) is 11.3. The largest absolute Gasteiger partial charge is 0.481 e. The Bertz CT molecular complexity index is 1300. The van der Waals surface area contributed by atoms with Crippen LogP contribution < -0.4 is 15.4 Å². The molecule has 0 spiro atoms. The molecule has 1 unspecified atom stereocenters. The van der Waals surface area contributed by atoms with Crippen LogP contribution in [0.25, 0.3) is 5.57 Å². The highest BCUT2D eigenvalue weighted by molar-refractivity contribution is 6.01. The summed E-state index contributed by atoms with van der Waals surface area (Å²) >= 11 is 0. The number of quaternary nitrogens is 1. The quantitative estimate of drug-likeness (QED) is 0.174. The molecule has 4 rings (SSSR count). The standard InChI is InChI=1S/C36H48N2O3/c1-6-9-10-11-12-13-14-17-20-40-36(39)28-19-16-15-18-27(28)35-29-21-25(4)31(37-7-2)23-33(29)41-34-24-32(38-8-3)26(5)22-30(34)35/h15-16,18-19,21-24,33,37-38H,6-14,17,20H2,1-5H3/p+1. The number of benzene rings is 2. The van der Waals surface area contributed by atoms with Crippen molar-refractivity contribution in [3.05, 3.63) is 87.6 Å². The highest BCUT2D eigenvalue weighted by Gasteiger charge is 2.33. The van der Waals surface area contributed by atoms with E-state index >= 15 is 0 Å². The Hall–Kier alpha value is -3.31. The van der Waals surface area contributed by atoms with Gasteiger partial charge in [0.05, 0.1) is 18.7 Å². The molecule has 1 aliphatic heterocycles. The van der Waals surface area contributed by atoms with E-state index in [4.69, 9.17) is 9.47 Å². The van der Waals surface area contributed by atoms with Gasteiger partial charge >= 0.3 is 5.97 Å². The molecule has 220 valence electrons. The van der Waals surface area contributed by atoms with E-state index in [0.29, 0.717) is 12.2 Å². The second-order valence-corrected chi connectivity index (χ2v) is 11.3. The van der Waals surface area contributed by atoms with Crippen LogP contribution in [0.15, 0.2) is 65.4 Å². The average molecular weight is 558 g/mol. The number of carbonyl (C=O) groups is 1. The molecule has 0 saturated carbocycles. The van der Waals surface area contributed by atoms with Crippen LogP contribution in [0, 0.1) is 6.92 Å². The first-order valence-corrected chi connectivity index (χ1v) is 15.8. The first-order valence-electron chi connectivity index (χ1n) is 15.8. The lowest BCUT2D eigenvalue weighted by Crippen LogP contribution is -2.82. The van der Waals surface area contributed by atoms with E-state index in [-0.39, 0.29) is 12.1 Å². The van der Waals surface area contributed by atoms with Crippen molar-refractivity contribution in [2.24, 2.45) is 0 Å². The van der Waals surface area contributed by atoms with Crippen LogP contribution in [0.3, 0.4) is 0 Å². The summed E-state index contributed by atoms with van der Waals surface area (Å²) in [4.78, 5) is 13.5. The van der Waals surface area contributed by atoms with Gasteiger partial charge in [0.25, 0.3) is 0 Å². The van der Waals surface area contributed by atoms with Crippen molar-refractivity contribution in [1.29, 1.82) is 0 Å². The molecule has 1 aliphatic carbocycles. The molecule has 2 aromatic carbocycles. The molecule has 1 heterocycles. The summed E-state index contributed by atoms with van der Waals surface area (Å²) in [6, 6.07) is 12.2. The molecule has 3 N–H and O–H groups in total. The number of likely N-dealkylation sites (N-methyl/N-ethyl adjacent to an activating group) is 1. The Morgan fingerprint density at radius 3 is 2.41 bits per heavy atom. The fraction of sp³-hybridized carbons (Fsp3) is 0.472. The van der Waals surface area contributed by atoms with Gasteiger partial charge in [-0.25, -0.2) is 4.79 Å². The Balaban J connectivity index is 1.63. The Morgan fingerprint density at radius 2 is 1.68 bits per heavy atom. The summed E-state index contributed by atoms with van der Waals surface area (Å²) in [5.41, 5.74) is 9.28. The maximum Gasteiger partial charge on any atom is 0.338 e. The number of ether oxygens (including phenoxy) is 2. The summed E-state index contributed by atoms with van der Waals surface area (Å²) in [7, 11) is 0. The molecule has 1 atom stereocenters. The molecule has 41 heavy (non-hydrogen) atoms. The summed E-state index contributed by atoms with van der Waals surface area (Å²) in [5, 5.41) is 5.71. The number of hydrogen-bond acceptors (Lipinski definition) is 4. The second kappa shape index (κ2) is 15.1. The highest BCUT2D eigenvalue weighted by Crippen LogP contribution is 2.45. The lowest BCUT2D eigenvalue weighted by Gasteiger charge is -2.32. The van der Waals surface area contributed by atoms with Crippen molar-refractivity contribution in [1.82, 2.24) is 0 Å². The van der Waals surface area contributed by atoms with Gasteiger partial charge < -0.3 is 20.1 Å². The third-order valence-electron chi connectivity index (χ3n) is 8.04. The van der Waals surface area contributed by atoms with Crippen molar-refractivity contribution in [2.45, 2.75) is 92.1 Å². The number of carbonyl (C=O) groups excluding carboxylic acids is 1. The minimum absolute atomic E-state index is 0.224. The van der Waals surface area contributed by atoms with E-state index in [9.17, 15) is 4.79 Å². The van der Waals surface area contributed by atoms with Gasteiger partial charge in [0, 0.05) is 46.7 Å².